The fraction of sp³-hybridized carbons (Fsp3) is 0.464. The van der Waals surface area contributed by atoms with Crippen LogP contribution >= 0.6 is 0 Å². The normalized spacial score (nSPS) is 23.8. The van der Waals surface area contributed by atoms with E-state index in [0.29, 0.717) is 25.8 Å². The third-order valence-electron chi connectivity index (χ3n) is 7.81. The van der Waals surface area contributed by atoms with Crippen molar-refractivity contribution in [2.75, 3.05) is 19.7 Å². The number of alkyl carbamates (subject to hydrolysis) is 1. The van der Waals surface area contributed by atoms with Crippen LogP contribution in [-0.2, 0) is 14.3 Å². The smallest absolute Gasteiger partial charge is 0.407 e. The van der Waals surface area contributed by atoms with Crippen molar-refractivity contribution in [3.63, 3.8) is 0 Å². The number of nitrogens with one attached hydrogen (secondary N) is 1. The molecule has 0 aromatic heterocycles. The lowest BCUT2D eigenvalue weighted by Gasteiger charge is -2.37. The van der Waals surface area contributed by atoms with Crippen LogP contribution in [0, 0.1) is 11.8 Å². The minimum absolute atomic E-state index is 0.0155. The number of carboxylic acid groups (broad SMARTS) is 1. The highest BCUT2D eigenvalue weighted by atomic mass is 16.5. The molecule has 2 N–H and O–H groups in total. The summed E-state index contributed by atoms with van der Waals surface area (Å²) < 4.78 is 5.71. The monoisotopic (exact) mass is 476 g/mol. The van der Waals surface area contributed by atoms with Gasteiger partial charge in [0.15, 0.2) is 0 Å². The predicted octanol–water partition coefficient (Wildman–Crippen LogP) is 4.41. The lowest BCUT2D eigenvalue weighted by Crippen LogP contribution is -2.52. The lowest BCUT2D eigenvalue weighted by molar-refractivity contribution is -0.147. The zero-order chi connectivity index (χ0) is 24.4. The summed E-state index contributed by atoms with van der Waals surface area (Å²) in [6, 6.07) is 16.1. The molecule has 1 aliphatic heterocycles. The van der Waals surface area contributed by atoms with E-state index in [0.717, 1.165) is 30.4 Å². The van der Waals surface area contributed by atoms with Crippen LogP contribution in [0.25, 0.3) is 11.1 Å². The number of fused-ring (bicyclic) bond motifs is 3. The Morgan fingerprint density at radius 2 is 1.57 bits per heavy atom. The van der Waals surface area contributed by atoms with Gasteiger partial charge in [0.2, 0.25) is 5.91 Å². The second-order valence-electron chi connectivity index (χ2n) is 9.93. The number of nitrogens with zero attached hydrogens (tertiary/aromatic N) is 1. The number of piperidine rings is 1. The summed E-state index contributed by atoms with van der Waals surface area (Å²) in [5.74, 6) is -1.75. The zero-order valence-electron chi connectivity index (χ0n) is 19.8. The van der Waals surface area contributed by atoms with Crippen LogP contribution in [-0.4, -0.2) is 53.7 Å². The van der Waals surface area contributed by atoms with Gasteiger partial charge in [-0.2, -0.15) is 0 Å². The van der Waals surface area contributed by atoms with Crippen LogP contribution in [0.4, 0.5) is 4.79 Å². The molecule has 1 saturated carbocycles. The third kappa shape index (κ3) is 4.77. The van der Waals surface area contributed by atoms with Crippen molar-refractivity contribution in [1.82, 2.24) is 10.2 Å². The molecule has 1 heterocycles. The van der Waals surface area contributed by atoms with Crippen molar-refractivity contribution in [2.24, 2.45) is 11.8 Å². The molecule has 0 bridgehead atoms. The standard InChI is InChI=1S/C28H32N2O5/c31-26(30-15-7-8-18(16-30)27(32)33)23-13-5-6-14-25(23)29-28(34)35-17-24-21-11-3-1-9-19(21)20-10-2-4-12-22(20)24/h1-4,9-12,18,23-25H,5-8,13-17H2,(H,29,34)(H,32,33)/t18-,23?,25?/m0/s1. The number of amides is 2. The first-order valence-electron chi connectivity index (χ1n) is 12.7. The molecule has 2 amide bonds. The second kappa shape index (κ2) is 10.1. The molecular weight excluding hydrogens is 444 g/mol. The van der Waals surface area contributed by atoms with Crippen LogP contribution in [0.2, 0.25) is 0 Å². The van der Waals surface area contributed by atoms with E-state index >= 15 is 0 Å². The van der Waals surface area contributed by atoms with E-state index in [2.05, 4.69) is 29.6 Å². The number of aliphatic carboxylic acids is 1. The van der Waals surface area contributed by atoms with Crippen LogP contribution in [0.15, 0.2) is 48.5 Å². The molecule has 5 rings (SSSR count). The van der Waals surface area contributed by atoms with Crippen molar-refractivity contribution in [3.8, 4) is 11.1 Å². The Labute approximate surface area is 205 Å². The Morgan fingerprint density at radius 1 is 0.914 bits per heavy atom. The molecule has 7 nitrogen and oxygen atoms in total. The van der Waals surface area contributed by atoms with E-state index in [9.17, 15) is 19.5 Å². The second-order valence-corrected chi connectivity index (χ2v) is 9.93. The minimum atomic E-state index is -0.848. The van der Waals surface area contributed by atoms with Crippen LogP contribution in [0.5, 0.6) is 0 Å². The van der Waals surface area contributed by atoms with Gasteiger partial charge >= 0.3 is 12.1 Å². The number of likely N-dealkylation sites (tertiary alicyclic amines) is 1. The summed E-state index contributed by atoms with van der Waals surface area (Å²) in [7, 11) is 0. The largest absolute Gasteiger partial charge is 0.481 e. The summed E-state index contributed by atoms with van der Waals surface area (Å²) in [6.45, 7) is 1.07. The predicted molar refractivity (Wildman–Crippen MR) is 131 cm³/mol. The van der Waals surface area contributed by atoms with Gasteiger partial charge in [-0.15, -0.1) is 0 Å². The molecule has 0 spiro atoms. The number of hydrogen-bond acceptors (Lipinski definition) is 4. The Morgan fingerprint density at radius 3 is 2.26 bits per heavy atom. The topological polar surface area (TPSA) is 95.9 Å². The number of carboxylic acids is 1. The van der Waals surface area contributed by atoms with Gasteiger partial charge < -0.3 is 20.1 Å². The number of rotatable bonds is 5. The van der Waals surface area contributed by atoms with Gasteiger partial charge in [0.25, 0.3) is 0 Å². The summed E-state index contributed by atoms with van der Waals surface area (Å²) in [5.41, 5.74) is 4.67. The fourth-order valence-corrected chi connectivity index (χ4v) is 6.00. The number of carbonyl (C=O) groups is 3. The maximum atomic E-state index is 13.3. The van der Waals surface area contributed by atoms with E-state index in [1.807, 2.05) is 24.3 Å². The van der Waals surface area contributed by atoms with E-state index in [4.69, 9.17) is 4.74 Å². The first kappa shape index (κ1) is 23.4. The SMILES string of the molecule is O=C(NC1CCCCC1C(=O)N1CCC[C@H](C(=O)O)C1)OCC1c2ccccc2-c2ccccc21. The fourth-order valence-electron chi connectivity index (χ4n) is 6.00. The van der Waals surface area contributed by atoms with E-state index < -0.39 is 18.0 Å². The van der Waals surface area contributed by atoms with Gasteiger partial charge in [0.1, 0.15) is 6.61 Å². The van der Waals surface area contributed by atoms with Crippen LogP contribution < -0.4 is 5.32 Å². The van der Waals surface area contributed by atoms with Gasteiger partial charge in [-0.25, -0.2) is 4.79 Å². The van der Waals surface area contributed by atoms with Crippen molar-refractivity contribution in [1.29, 1.82) is 0 Å². The summed E-state index contributed by atoms with van der Waals surface area (Å²) in [6.07, 6.45) is 4.08. The van der Waals surface area contributed by atoms with Gasteiger partial charge in [-0.3, -0.25) is 9.59 Å². The maximum absolute atomic E-state index is 13.3. The molecule has 2 aliphatic carbocycles. The number of benzene rings is 2. The van der Waals surface area contributed by atoms with Crippen molar-refractivity contribution in [2.45, 2.75) is 50.5 Å². The molecule has 7 heteroatoms. The summed E-state index contributed by atoms with van der Waals surface area (Å²) >= 11 is 0. The Kier molecular flexibility index (Phi) is 6.75. The molecule has 3 aliphatic rings. The van der Waals surface area contributed by atoms with Crippen molar-refractivity contribution < 1.29 is 24.2 Å². The Balaban J connectivity index is 1.22. The molecule has 2 aromatic carbocycles. The third-order valence-corrected chi connectivity index (χ3v) is 7.81. The summed E-state index contributed by atoms with van der Waals surface area (Å²) in [5, 5.41) is 12.3. The highest BCUT2D eigenvalue weighted by Gasteiger charge is 2.38. The van der Waals surface area contributed by atoms with Gasteiger partial charge in [-0.1, -0.05) is 61.4 Å². The molecular formula is C28H32N2O5. The molecule has 1 saturated heterocycles. The molecule has 35 heavy (non-hydrogen) atoms. The highest BCUT2D eigenvalue weighted by Crippen LogP contribution is 2.44. The van der Waals surface area contributed by atoms with E-state index in [-0.39, 0.29) is 36.9 Å². The van der Waals surface area contributed by atoms with Crippen LogP contribution in [0.3, 0.4) is 0 Å². The van der Waals surface area contributed by atoms with Crippen LogP contribution in [0.1, 0.15) is 55.6 Å². The molecule has 3 atom stereocenters. The molecule has 184 valence electrons. The summed E-state index contributed by atoms with van der Waals surface area (Å²) in [4.78, 5) is 39.3. The lowest BCUT2D eigenvalue weighted by atomic mass is 9.83. The Hall–Kier alpha value is -3.35. The van der Waals surface area contributed by atoms with Gasteiger partial charge in [0.05, 0.1) is 11.8 Å². The maximum Gasteiger partial charge on any atom is 0.407 e. The van der Waals surface area contributed by atoms with E-state index in [1.54, 1.807) is 4.90 Å². The molecule has 2 fully saturated rings. The average molecular weight is 477 g/mol. The average Bonchev–Trinajstić information content (AvgIpc) is 3.21. The van der Waals surface area contributed by atoms with Crippen molar-refractivity contribution in [3.05, 3.63) is 59.7 Å². The first-order chi connectivity index (χ1) is 17.0. The molecule has 2 aromatic rings. The van der Waals surface area contributed by atoms with Gasteiger partial charge in [-0.05, 0) is 47.9 Å². The Bertz CT molecular complexity index is 1070. The molecule has 0 radical (unpaired) electrons. The number of ether oxygens (including phenoxy) is 1. The zero-order valence-corrected chi connectivity index (χ0v) is 19.8. The number of carbonyl (C=O) groups excluding carboxylic acids is 2. The quantitative estimate of drug-likeness (QED) is 0.667. The van der Waals surface area contributed by atoms with Crippen molar-refractivity contribution >= 4 is 18.0 Å². The number of hydrogen-bond donors (Lipinski definition) is 2. The first-order valence-corrected chi connectivity index (χ1v) is 12.7. The van der Waals surface area contributed by atoms with Gasteiger partial charge in [0, 0.05) is 25.0 Å². The highest BCUT2D eigenvalue weighted by molar-refractivity contribution is 5.82. The van der Waals surface area contributed by atoms with E-state index in [1.165, 1.54) is 11.1 Å². The minimum Gasteiger partial charge on any atom is -0.481 e. The molecule has 2 unspecified atom stereocenters.